The molecule has 0 spiro atoms. The van der Waals surface area contributed by atoms with E-state index in [-0.39, 0.29) is 11.3 Å². The summed E-state index contributed by atoms with van der Waals surface area (Å²) in [4.78, 5) is 33.7. The zero-order valence-corrected chi connectivity index (χ0v) is 13.9. The molecule has 1 aromatic carbocycles. The Kier molecular flexibility index (Phi) is 4.66. The molecular formula is C16H12BrN5O2. The van der Waals surface area contributed by atoms with Crippen LogP contribution in [0.4, 0.5) is 17.2 Å². The molecule has 0 saturated carbocycles. The maximum atomic E-state index is 12.2. The van der Waals surface area contributed by atoms with Gasteiger partial charge in [-0.2, -0.15) is 0 Å². The highest BCUT2D eigenvalue weighted by Gasteiger charge is 2.11. The third-order valence-corrected chi connectivity index (χ3v) is 3.60. The van der Waals surface area contributed by atoms with Crippen LogP contribution in [-0.2, 0) is 0 Å². The van der Waals surface area contributed by atoms with Crippen LogP contribution in [0.15, 0.2) is 64.3 Å². The fraction of sp³-hybridized carbons (Fsp3) is 0. The Morgan fingerprint density at radius 1 is 1.12 bits per heavy atom. The first-order valence-corrected chi connectivity index (χ1v) is 7.75. The van der Waals surface area contributed by atoms with Gasteiger partial charge in [-0.25, -0.2) is 9.97 Å². The van der Waals surface area contributed by atoms with E-state index in [4.69, 9.17) is 0 Å². The predicted octanol–water partition coefficient (Wildman–Crippen LogP) is 2.92. The molecule has 2 heterocycles. The average Bonchev–Trinajstić information content (AvgIpc) is 2.59. The van der Waals surface area contributed by atoms with Crippen molar-refractivity contribution in [2.75, 3.05) is 10.6 Å². The maximum absolute atomic E-state index is 12.2. The number of nitrogens with zero attached hydrogens (tertiary/aromatic N) is 2. The van der Waals surface area contributed by atoms with Crippen molar-refractivity contribution in [2.24, 2.45) is 0 Å². The molecule has 0 saturated heterocycles. The number of rotatable bonds is 4. The molecule has 24 heavy (non-hydrogen) atoms. The summed E-state index contributed by atoms with van der Waals surface area (Å²) >= 11 is 3.38. The highest BCUT2D eigenvalue weighted by Crippen LogP contribution is 2.24. The van der Waals surface area contributed by atoms with Crippen LogP contribution in [0.25, 0.3) is 0 Å². The van der Waals surface area contributed by atoms with E-state index in [0.29, 0.717) is 11.5 Å². The van der Waals surface area contributed by atoms with Crippen LogP contribution in [0.2, 0.25) is 0 Å². The Hall–Kier alpha value is -3.00. The van der Waals surface area contributed by atoms with Crippen LogP contribution in [0.5, 0.6) is 0 Å². The summed E-state index contributed by atoms with van der Waals surface area (Å²) < 4.78 is 0.965. The molecule has 8 heteroatoms. The van der Waals surface area contributed by atoms with E-state index in [1.54, 1.807) is 18.3 Å². The van der Waals surface area contributed by atoms with Crippen LogP contribution >= 0.6 is 15.9 Å². The van der Waals surface area contributed by atoms with Gasteiger partial charge in [-0.05, 0) is 36.4 Å². The van der Waals surface area contributed by atoms with E-state index in [1.807, 2.05) is 24.3 Å². The predicted molar refractivity (Wildman–Crippen MR) is 94.5 cm³/mol. The zero-order valence-electron chi connectivity index (χ0n) is 12.3. The number of halogens is 1. The Labute approximate surface area is 145 Å². The van der Waals surface area contributed by atoms with E-state index in [2.05, 4.69) is 41.5 Å². The second kappa shape index (κ2) is 7.05. The smallest absolute Gasteiger partial charge is 0.275 e. The van der Waals surface area contributed by atoms with Gasteiger partial charge in [0.1, 0.15) is 5.69 Å². The van der Waals surface area contributed by atoms with Crippen molar-refractivity contribution in [3.63, 3.8) is 0 Å². The summed E-state index contributed by atoms with van der Waals surface area (Å²) in [5.41, 5.74) is 1.06. The quantitative estimate of drug-likeness (QED) is 0.640. The molecule has 2 aromatic heterocycles. The second-order valence-corrected chi connectivity index (χ2v) is 5.70. The third kappa shape index (κ3) is 3.85. The van der Waals surface area contributed by atoms with Crippen LogP contribution in [0.1, 0.15) is 10.5 Å². The van der Waals surface area contributed by atoms with E-state index >= 15 is 0 Å². The van der Waals surface area contributed by atoms with Gasteiger partial charge in [0.25, 0.3) is 11.5 Å². The molecule has 0 radical (unpaired) electrons. The molecule has 0 fully saturated rings. The molecule has 7 nitrogen and oxygen atoms in total. The first-order valence-electron chi connectivity index (χ1n) is 6.95. The molecule has 0 aliphatic carbocycles. The number of carbonyl (C=O) groups is 1. The fourth-order valence-electron chi connectivity index (χ4n) is 1.93. The molecular weight excluding hydrogens is 374 g/mol. The van der Waals surface area contributed by atoms with Gasteiger partial charge in [0, 0.05) is 22.6 Å². The molecule has 3 N–H and O–H groups in total. The lowest BCUT2D eigenvalue weighted by Gasteiger charge is -2.11. The van der Waals surface area contributed by atoms with E-state index in [9.17, 15) is 9.59 Å². The van der Waals surface area contributed by atoms with Crippen molar-refractivity contribution in [1.82, 2.24) is 15.0 Å². The van der Waals surface area contributed by atoms with Gasteiger partial charge in [-0.15, -0.1) is 0 Å². The van der Waals surface area contributed by atoms with Gasteiger partial charge >= 0.3 is 0 Å². The standard InChI is InChI=1S/C16H12BrN5O2/c17-10-3-5-11(6-4-10)21-15-12(2-1-7-18-15)22-16(24)13-8-20-14(23)9-19-13/h1-9H,(H,18,21)(H,20,23)(H,22,24). The first kappa shape index (κ1) is 15.9. The van der Waals surface area contributed by atoms with Crippen LogP contribution in [0.3, 0.4) is 0 Å². The Balaban J connectivity index is 1.81. The van der Waals surface area contributed by atoms with E-state index in [0.717, 1.165) is 16.4 Å². The lowest BCUT2D eigenvalue weighted by Crippen LogP contribution is -2.17. The summed E-state index contributed by atoms with van der Waals surface area (Å²) in [6.45, 7) is 0. The number of aromatic nitrogens is 3. The molecule has 0 aliphatic heterocycles. The van der Waals surface area contributed by atoms with Crippen molar-refractivity contribution < 1.29 is 4.79 Å². The maximum Gasteiger partial charge on any atom is 0.275 e. The molecule has 1 amide bonds. The number of benzene rings is 1. The number of carbonyl (C=O) groups excluding carboxylic acids is 1. The molecule has 0 bridgehead atoms. The van der Waals surface area contributed by atoms with Crippen molar-refractivity contribution in [2.45, 2.75) is 0 Å². The fourth-order valence-corrected chi connectivity index (χ4v) is 2.19. The minimum Gasteiger partial charge on any atom is -0.338 e. The largest absolute Gasteiger partial charge is 0.338 e. The SMILES string of the molecule is O=C(Nc1cccnc1Nc1ccc(Br)cc1)c1c[nH]c(=O)cn1. The highest BCUT2D eigenvalue weighted by atomic mass is 79.9. The summed E-state index contributed by atoms with van der Waals surface area (Å²) in [6.07, 6.45) is 3.93. The lowest BCUT2D eigenvalue weighted by molar-refractivity contribution is 0.102. The summed E-state index contributed by atoms with van der Waals surface area (Å²) in [5.74, 6) is 0.0516. The van der Waals surface area contributed by atoms with Gasteiger partial charge in [-0.1, -0.05) is 15.9 Å². The van der Waals surface area contributed by atoms with E-state index in [1.165, 1.54) is 6.20 Å². The van der Waals surface area contributed by atoms with Crippen LogP contribution < -0.4 is 16.2 Å². The lowest BCUT2D eigenvalue weighted by atomic mass is 10.3. The Morgan fingerprint density at radius 3 is 2.62 bits per heavy atom. The summed E-state index contributed by atoms with van der Waals surface area (Å²) in [5, 5.41) is 5.86. The monoisotopic (exact) mass is 385 g/mol. The van der Waals surface area contributed by atoms with Crippen LogP contribution in [0, 0.1) is 0 Å². The van der Waals surface area contributed by atoms with E-state index < -0.39 is 5.91 Å². The number of pyridine rings is 1. The van der Waals surface area contributed by atoms with Crippen LogP contribution in [-0.4, -0.2) is 20.9 Å². The third-order valence-electron chi connectivity index (χ3n) is 3.07. The molecule has 0 aliphatic rings. The first-order chi connectivity index (χ1) is 11.6. The number of nitrogens with one attached hydrogen (secondary N) is 3. The Bertz CT molecular complexity index is 904. The number of anilines is 3. The Morgan fingerprint density at radius 2 is 1.92 bits per heavy atom. The van der Waals surface area contributed by atoms with Crippen molar-refractivity contribution >= 4 is 39.0 Å². The van der Waals surface area contributed by atoms with Gasteiger partial charge in [-0.3, -0.25) is 9.59 Å². The van der Waals surface area contributed by atoms with Gasteiger partial charge < -0.3 is 15.6 Å². The number of hydrogen-bond donors (Lipinski definition) is 3. The van der Waals surface area contributed by atoms with Crippen molar-refractivity contribution in [3.05, 3.63) is 75.5 Å². The highest BCUT2D eigenvalue weighted by molar-refractivity contribution is 9.10. The average molecular weight is 386 g/mol. The van der Waals surface area contributed by atoms with Crippen molar-refractivity contribution in [3.8, 4) is 0 Å². The minimum absolute atomic E-state index is 0.105. The topological polar surface area (TPSA) is 99.8 Å². The zero-order chi connectivity index (χ0) is 16.9. The van der Waals surface area contributed by atoms with Crippen molar-refractivity contribution in [1.29, 1.82) is 0 Å². The molecule has 0 unspecified atom stereocenters. The number of H-pyrrole nitrogens is 1. The molecule has 3 rings (SSSR count). The number of aromatic amines is 1. The molecule has 0 atom stereocenters. The van der Waals surface area contributed by atoms with Gasteiger partial charge in [0.2, 0.25) is 0 Å². The van der Waals surface area contributed by atoms with Gasteiger partial charge in [0.15, 0.2) is 5.82 Å². The molecule has 120 valence electrons. The summed E-state index contributed by atoms with van der Waals surface area (Å²) in [6, 6.07) is 11.0. The normalized spacial score (nSPS) is 10.2. The number of amides is 1. The van der Waals surface area contributed by atoms with Gasteiger partial charge in [0.05, 0.1) is 11.9 Å². The second-order valence-electron chi connectivity index (χ2n) is 4.78. The molecule has 3 aromatic rings. The summed E-state index contributed by atoms with van der Waals surface area (Å²) in [7, 11) is 0. The number of hydrogen-bond acceptors (Lipinski definition) is 5. The minimum atomic E-state index is -0.446.